The average Bonchev–Trinajstić information content (AvgIpc) is 2.34. The smallest absolute Gasteiger partial charge is 0.321 e. The minimum Gasteiger partial charge on any atom is -0.321 e. The van der Waals surface area contributed by atoms with Gasteiger partial charge in [0.2, 0.25) is 0 Å². The monoisotopic (exact) mass is 159 g/mol. The number of nitrogens with zero attached hydrogens (tertiary/aromatic N) is 1. The molecule has 5 heteroatoms. The fourth-order valence-electron chi connectivity index (χ4n) is 0.595. The lowest BCUT2D eigenvalue weighted by Crippen LogP contribution is -2.11. The highest BCUT2D eigenvalue weighted by Gasteiger charge is 2.06. The van der Waals surface area contributed by atoms with Gasteiger partial charge in [-0.05, 0) is 6.42 Å². The van der Waals surface area contributed by atoms with Crippen LogP contribution in [0, 0.1) is 0 Å². The minimum absolute atomic E-state index is 0.126. The summed E-state index contributed by atoms with van der Waals surface area (Å²) in [7, 11) is 0. The van der Waals surface area contributed by atoms with Gasteiger partial charge in [-0.25, -0.2) is 0 Å². The molecule has 0 fully saturated rings. The van der Waals surface area contributed by atoms with Gasteiger partial charge in [-0.1, -0.05) is 6.92 Å². The first-order valence-corrected chi connectivity index (χ1v) is 3.83. The highest BCUT2D eigenvalue weighted by molar-refractivity contribution is 7.02. The summed E-state index contributed by atoms with van der Waals surface area (Å²) in [6.45, 7) is 1.95. The van der Waals surface area contributed by atoms with Gasteiger partial charge in [-0.2, -0.15) is 4.37 Å². The van der Waals surface area contributed by atoms with Crippen molar-refractivity contribution < 1.29 is 0 Å². The van der Waals surface area contributed by atoms with E-state index in [1.54, 1.807) is 0 Å². The van der Waals surface area contributed by atoms with E-state index in [1.807, 2.05) is 6.92 Å². The van der Waals surface area contributed by atoms with E-state index < -0.39 is 0 Å². The molecule has 0 aliphatic heterocycles. The SMILES string of the molecule is CCC(N)c1nsc(=O)[nH]1. The molecule has 1 aromatic rings. The van der Waals surface area contributed by atoms with Crippen LogP contribution in [-0.4, -0.2) is 9.36 Å². The normalized spacial score (nSPS) is 13.4. The van der Waals surface area contributed by atoms with Crippen molar-refractivity contribution in [2.45, 2.75) is 19.4 Å². The van der Waals surface area contributed by atoms with Gasteiger partial charge in [0.15, 0.2) is 0 Å². The summed E-state index contributed by atoms with van der Waals surface area (Å²) in [5, 5.41) is 0. The molecule has 1 heterocycles. The van der Waals surface area contributed by atoms with Crippen LogP contribution in [-0.2, 0) is 0 Å². The average molecular weight is 159 g/mol. The van der Waals surface area contributed by atoms with Gasteiger partial charge in [-0.3, -0.25) is 9.78 Å². The lowest BCUT2D eigenvalue weighted by Gasteiger charge is -2.00. The van der Waals surface area contributed by atoms with E-state index in [0.29, 0.717) is 5.82 Å². The first kappa shape index (κ1) is 7.43. The largest absolute Gasteiger partial charge is 0.323 e. The van der Waals surface area contributed by atoms with E-state index in [1.165, 1.54) is 0 Å². The lowest BCUT2D eigenvalue weighted by molar-refractivity contribution is 0.659. The number of H-pyrrole nitrogens is 1. The zero-order valence-electron chi connectivity index (χ0n) is 5.63. The molecule has 4 nitrogen and oxygen atoms in total. The van der Waals surface area contributed by atoms with E-state index in [4.69, 9.17) is 5.73 Å². The van der Waals surface area contributed by atoms with Crippen molar-refractivity contribution in [2.75, 3.05) is 0 Å². The summed E-state index contributed by atoms with van der Waals surface area (Å²) in [6, 6.07) is -0.126. The fraction of sp³-hybridized carbons (Fsp3) is 0.600. The summed E-state index contributed by atoms with van der Waals surface area (Å²) in [4.78, 5) is 13.0. The van der Waals surface area contributed by atoms with Crippen LogP contribution in [0.1, 0.15) is 25.2 Å². The van der Waals surface area contributed by atoms with Crippen LogP contribution in [0.3, 0.4) is 0 Å². The summed E-state index contributed by atoms with van der Waals surface area (Å²) < 4.78 is 3.84. The van der Waals surface area contributed by atoms with Crippen LogP contribution in [0.2, 0.25) is 0 Å². The Morgan fingerprint density at radius 2 is 2.60 bits per heavy atom. The van der Waals surface area contributed by atoms with Crippen molar-refractivity contribution in [3.8, 4) is 0 Å². The number of nitrogens with two attached hydrogens (primary N) is 1. The van der Waals surface area contributed by atoms with Crippen LogP contribution >= 0.6 is 11.5 Å². The Morgan fingerprint density at radius 3 is 3.00 bits per heavy atom. The van der Waals surface area contributed by atoms with E-state index in [9.17, 15) is 4.79 Å². The third-order valence-corrected chi connectivity index (χ3v) is 1.80. The molecule has 0 aliphatic rings. The Balaban J connectivity index is 2.84. The van der Waals surface area contributed by atoms with Crippen LogP contribution in [0.5, 0.6) is 0 Å². The molecule has 0 amide bonds. The summed E-state index contributed by atoms with van der Waals surface area (Å²) in [6.07, 6.45) is 0.791. The molecule has 0 saturated carbocycles. The topological polar surface area (TPSA) is 71.8 Å². The first-order chi connectivity index (χ1) is 4.74. The fourth-order valence-corrected chi connectivity index (χ4v) is 1.11. The molecular weight excluding hydrogens is 150 g/mol. The minimum atomic E-state index is -0.140. The molecule has 1 atom stereocenters. The van der Waals surface area contributed by atoms with E-state index >= 15 is 0 Å². The van der Waals surface area contributed by atoms with E-state index in [0.717, 1.165) is 18.0 Å². The van der Waals surface area contributed by atoms with Crippen molar-refractivity contribution in [1.82, 2.24) is 9.36 Å². The van der Waals surface area contributed by atoms with Gasteiger partial charge in [-0.15, -0.1) is 0 Å². The number of aromatic amines is 1. The van der Waals surface area contributed by atoms with Gasteiger partial charge in [0, 0.05) is 11.5 Å². The van der Waals surface area contributed by atoms with Gasteiger partial charge < -0.3 is 5.73 Å². The van der Waals surface area contributed by atoms with Crippen molar-refractivity contribution in [2.24, 2.45) is 5.73 Å². The molecular formula is C5H9N3OS. The van der Waals surface area contributed by atoms with Gasteiger partial charge in [0.05, 0.1) is 6.04 Å². The first-order valence-electron chi connectivity index (χ1n) is 3.05. The molecule has 0 aliphatic carbocycles. The maximum Gasteiger partial charge on any atom is 0.323 e. The summed E-state index contributed by atoms with van der Waals surface area (Å²) in [5.41, 5.74) is 5.58. The van der Waals surface area contributed by atoms with Crippen LogP contribution in [0.4, 0.5) is 0 Å². The number of hydrogen-bond donors (Lipinski definition) is 2. The second-order valence-corrected chi connectivity index (χ2v) is 2.73. The number of hydrogen-bond acceptors (Lipinski definition) is 4. The second-order valence-electron chi connectivity index (χ2n) is 2.00. The predicted octanol–water partition coefficient (Wildman–Crippen LogP) is 0.241. The van der Waals surface area contributed by atoms with Crippen molar-refractivity contribution in [1.29, 1.82) is 0 Å². The molecule has 1 unspecified atom stereocenters. The molecule has 0 bridgehead atoms. The Hall–Kier alpha value is -0.680. The molecule has 1 rings (SSSR count). The lowest BCUT2D eigenvalue weighted by atomic mass is 10.2. The third-order valence-electron chi connectivity index (χ3n) is 1.25. The second kappa shape index (κ2) is 2.94. The third kappa shape index (κ3) is 1.43. The molecule has 1 aromatic heterocycles. The zero-order chi connectivity index (χ0) is 7.56. The van der Waals surface area contributed by atoms with Crippen molar-refractivity contribution in [3.05, 3.63) is 15.5 Å². The standard InChI is InChI=1S/C5H9N3OS/c1-2-3(6)4-7-5(9)10-8-4/h3H,2,6H2,1H3,(H,7,8,9). The number of nitrogens with one attached hydrogen (secondary N) is 1. The maximum atomic E-state index is 10.6. The molecule has 56 valence electrons. The van der Waals surface area contributed by atoms with Gasteiger partial charge in [0.1, 0.15) is 5.82 Å². The Bertz CT molecular complexity index is 253. The Morgan fingerprint density at radius 1 is 1.90 bits per heavy atom. The number of rotatable bonds is 2. The zero-order valence-corrected chi connectivity index (χ0v) is 6.44. The Kier molecular flexibility index (Phi) is 2.18. The van der Waals surface area contributed by atoms with Gasteiger partial charge >= 0.3 is 4.87 Å². The summed E-state index contributed by atoms with van der Waals surface area (Å²) in [5.74, 6) is 0.595. The van der Waals surface area contributed by atoms with Gasteiger partial charge in [0.25, 0.3) is 0 Å². The maximum absolute atomic E-state index is 10.6. The quantitative estimate of drug-likeness (QED) is 0.649. The molecule has 3 N–H and O–H groups in total. The highest BCUT2D eigenvalue weighted by Crippen LogP contribution is 2.05. The highest BCUT2D eigenvalue weighted by atomic mass is 32.1. The molecule has 0 radical (unpaired) electrons. The molecule has 10 heavy (non-hydrogen) atoms. The van der Waals surface area contributed by atoms with Crippen LogP contribution in [0.25, 0.3) is 0 Å². The predicted molar refractivity (Wildman–Crippen MR) is 40.0 cm³/mol. The number of aromatic nitrogens is 2. The summed E-state index contributed by atoms with van der Waals surface area (Å²) >= 11 is 0.907. The molecule has 0 saturated heterocycles. The van der Waals surface area contributed by atoms with Crippen LogP contribution < -0.4 is 10.6 Å². The molecule has 0 spiro atoms. The van der Waals surface area contributed by atoms with Crippen molar-refractivity contribution in [3.63, 3.8) is 0 Å². The Labute approximate surface area is 62.2 Å². The van der Waals surface area contributed by atoms with E-state index in [-0.39, 0.29) is 10.9 Å². The molecule has 0 aromatic carbocycles. The van der Waals surface area contributed by atoms with Crippen LogP contribution in [0.15, 0.2) is 4.79 Å². The van der Waals surface area contributed by atoms with Crippen molar-refractivity contribution >= 4 is 11.5 Å². The van der Waals surface area contributed by atoms with E-state index in [2.05, 4.69) is 9.36 Å².